The lowest BCUT2D eigenvalue weighted by Gasteiger charge is -2.36. The van der Waals surface area contributed by atoms with Crippen molar-refractivity contribution in [2.24, 2.45) is 17.3 Å². The average Bonchev–Trinajstić information content (AvgIpc) is 2.39. The van der Waals surface area contributed by atoms with E-state index >= 15 is 0 Å². The first-order chi connectivity index (χ1) is 8.89. The van der Waals surface area contributed by atoms with Crippen LogP contribution >= 0.6 is 0 Å². The van der Waals surface area contributed by atoms with E-state index in [1.54, 1.807) is 0 Å². The summed E-state index contributed by atoms with van der Waals surface area (Å²) in [6.07, 6.45) is 2.67. The molecule has 19 heavy (non-hydrogen) atoms. The summed E-state index contributed by atoms with van der Waals surface area (Å²) in [6.45, 7) is 7.81. The van der Waals surface area contributed by atoms with Crippen LogP contribution in [0.2, 0.25) is 0 Å². The van der Waals surface area contributed by atoms with Crippen LogP contribution in [0.4, 0.5) is 0 Å². The molecule has 2 unspecified atom stereocenters. The fourth-order valence-corrected chi connectivity index (χ4v) is 2.50. The molecule has 0 aromatic heterocycles. The fraction of sp³-hybridized carbons (Fsp3) is 0.857. The Morgan fingerprint density at radius 2 is 2.16 bits per heavy atom. The summed E-state index contributed by atoms with van der Waals surface area (Å²) in [5.41, 5.74) is -0.454. The van der Waals surface area contributed by atoms with E-state index in [1.165, 1.54) is 0 Å². The number of carbonyl (C=O) groups excluding carboxylic acids is 1. The van der Waals surface area contributed by atoms with Crippen LogP contribution in [0.5, 0.6) is 0 Å². The van der Waals surface area contributed by atoms with Crippen molar-refractivity contribution in [2.45, 2.75) is 40.0 Å². The molecule has 5 nitrogen and oxygen atoms in total. The van der Waals surface area contributed by atoms with E-state index in [-0.39, 0.29) is 12.5 Å². The van der Waals surface area contributed by atoms with E-state index in [4.69, 9.17) is 5.11 Å². The van der Waals surface area contributed by atoms with Crippen molar-refractivity contribution in [1.82, 2.24) is 10.6 Å². The zero-order valence-corrected chi connectivity index (χ0v) is 12.2. The zero-order chi connectivity index (χ0) is 14.5. The Labute approximate surface area is 115 Å². The molecule has 1 saturated heterocycles. The zero-order valence-electron chi connectivity index (χ0n) is 12.2. The topological polar surface area (TPSA) is 78.4 Å². The van der Waals surface area contributed by atoms with Crippen LogP contribution in [-0.2, 0) is 9.59 Å². The highest BCUT2D eigenvalue weighted by Crippen LogP contribution is 2.31. The molecule has 1 fully saturated rings. The first kappa shape index (κ1) is 16.0. The summed E-state index contributed by atoms with van der Waals surface area (Å²) in [5.74, 6) is -1.07. The van der Waals surface area contributed by atoms with Gasteiger partial charge in [0.05, 0.1) is 5.92 Å². The quantitative estimate of drug-likeness (QED) is 0.678. The Balaban J connectivity index is 2.53. The number of amides is 1. The molecule has 2 atom stereocenters. The minimum atomic E-state index is -0.847. The maximum atomic E-state index is 12.3. The minimum absolute atomic E-state index is 0.0408. The molecule has 0 bridgehead atoms. The molecule has 1 amide bonds. The fourth-order valence-electron chi connectivity index (χ4n) is 2.50. The Morgan fingerprint density at radius 3 is 2.63 bits per heavy atom. The number of nitrogens with one attached hydrogen (secondary N) is 2. The van der Waals surface area contributed by atoms with Crippen LogP contribution < -0.4 is 10.6 Å². The van der Waals surface area contributed by atoms with Gasteiger partial charge in [0, 0.05) is 12.0 Å². The molecule has 0 radical (unpaired) electrons. The second-order valence-corrected chi connectivity index (χ2v) is 5.92. The molecule has 0 aromatic rings. The van der Waals surface area contributed by atoms with Gasteiger partial charge in [-0.2, -0.15) is 0 Å². The van der Waals surface area contributed by atoms with Crippen molar-refractivity contribution >= 4 is 11.9 Å². The lowest BCUT2D eigenvalue weighted by Crippen LogP contribution is -2.48. The van der Waals surface area contributed by atoms with E-state index in [9.17, 15) is 9.59 Å². The van der Waals surface area contributed by atoms with E-state index in [2.05, 4.69) is 10.6 Å². The molecule has 110 valence electrons. The van der Waals surface area contributed by atoms with E-state index in [0.29, 0.717) is 12.3 Å². The van der Waals surface area contributed by atoms with Gasteiger partial charge in [-0.15, -0.1) is 0 Å². The summed E-state index contributed by atoms with van der Waals surface area (Å²) in [6, 6.07) is 0. The van der Waals surface area contributed by atoms with E-state index in [1.807, 2.05) is 20.8 Å². The largest absolute Gasteiger partial charge is 0.481 e. The van der Waals surface area contributed by atoms with Gasteiger partial charge in [-0.1, -0.05) is 20.8 Å². The van der Waals surface area contributed by atoms with Gasteiger partial charge in [-0.25, -0.2) is 0 Å². The second-order valence-electron chi connectivity index (χ2n) is 5.92. The predicted molar refractivity (Wildman–Crippen MR) is 73.8 cm³/mol. The monoisotopic (exact) mass is 270 g/mol. The van der Waals surface area contributed by atoms with Crippen molar-refractivity contribution in [3.05, 3.63) is 0 Å². The molecule has 5 heteroatoms. The maximum absolute atomic E-state index is 12.3. The molecule has 1 rings (SSSR count). The van der Waals surface area contributed by atoms with Gasteiger partial charge < -0.3 is 15.7 Å². The molecule has 3 N–H and O–H groups in total. The number of carboxylic acids is 1. The highest BCUT2D eigenvalue weighted by molar-refractivity contribution is 5.82. The van der Waals surface area contributed by atoms with Gasteiger partial charge in [-0.3, -0.25) is 9.59 Å². The summed E-state index contributed by atoms with van der Waals surface area (Å²) in [7, 11) is 0. The summed E-state index contributed by atoms with van der Waals surface area (Å²) < 4.78 is 0. The standard InChI is InChI=1S/C14H26N2O3/c1-4-10(12(17)18)8-16-13(19)14(2,3)11-6-5-7-15-9-11/h10-11,15H,4-9H2,1-3H3,(H,16,19)(H,17,18). The molecule has 0 aliphatic carbocycles. The Hall–Kier alpha value is -1.10. The molecule has 0 saturated carbocycles. The van der Waals surface area contributed by atoms with Crippen LogP contribution in [0.25, 0.3) is 0 Å². The third-order valence-electron chi connectivity index (χ3n) is 4.25. The second kappa shape index (κ2) is 6.89. The van der Waals surface area contributed by atoms with Crippen molar-refractivity contribution in [3.8, 4) is 0 Å². The summed E-state index contributed by atoms with van der Waals surface area (Å²) >= 11 is 0. The number of hydrogen-bond donors (Lipinski definition) is 3. The molecule has 0 aromatic carbocycles. The Kier molecular flexibility index (Phi) is 5.79. The number of piperidine rings is 1. The molecule has 1 aliphatic heterocycles. The summed E-state index contributed by atoms with van der Waals surface area (Å²) in [5, 5.41) is 15.1. The number of rotatable bonds is 6. The van der Waals surface area contributed by atoms with Gasteiger partial charge in [0.2, 0.25) is 5.91 Å². The molecular weight excluding hydrogens is 244 g/mol. The van der Waals surface area contributed by atoms with Crippen LogP contribution in [0.1, 0.15) is 40.0 Å². The van der Waals surface area contributed by atoms with Crippen molar-refractivity contribution in [3.63, 3.8) is 0 Å². The predicted octanol–water partition coefficient (Wildman–Crippen LogP) is 1.24. The lowest BCUT2D eigenvalue weighted by molar-refractivity contribution is -0.142. The minimum Gasteiger partial charge on any atom is -0.481 e. The van der Waals surface area contributed by atoms with E-state index in [0.717, 1.165) is 25.9 Å². The van der Waals surface area contributed by atoms with Crippen molar-refractivity contribution in [1.29, 1.82) is 0 Å². The van der Waals surface area contributed by atoms with Crippen LogP contribution in [0, 0.1) is 17.3 Å². The molecule has 0 spiro atoms. The molecular formula is C14H26N2O3. The summed E-state index contributed by atoms with van der Waals surface area (Å²) in [4.78, 5) is 23.2. The highest BCUT2D eigenvalue weighted by atomic mass is 16.4. The molecule has 1 aliphatic rings. The lowest BCUT2D eigenvalue weighted by atomic mass is 9.74. The highest BCUT2D eigenvalue weighted by Gasteiger charge is 2.37. The third-order valence-corrected chi connectivity index (χ3v) is 4.25. The van der Waals surface area contributed by atoms with Crippen LogP contribution in [0.3, 0.4) is 0 Å². The number of carbonyl (C=O) groups is 2. The Morgan fingerprint density at radius 1 is 1.47 bits per heavy atom. The number of carboxylic acid groups (broad SMARTS) is 1. The van der Waals surface area contributed by atoms with Gasteiger partial charge in [0.15, 0.2) is 0 Å². The van der Waals surface area contributed by atoms with Gasteiger partial charge in [-0.05, 0) is 38.3 Å². The van der Waals surface area contributed by atoms with Gasteiger partial charge in [0.1, 0.15) is 0 Å². The van der Waals surface area contributed by atoms with Crippen LogP contribution in [-0.4, -0.2) is 36.6 Å². The smallest absolute Gasteiger partial charge is 0.308 e. The van der Waals surface area contributed by atoms with Crippen molar-refractivity contribution < 1.29 is 14.7 Å². The molecule has 1 heterocycles. The van der Waals surface area contributed by atoms with Gasteiger partial charge >= 0.3 is 5.97 Å². The normalized spacial score (nSPS) is 21.7. The SMILES string of the molecule is CCC(CNC(=O)C(C)(C)C1CCCNC1)C(=O)O. The van der Waals surface area contributed by atoms with Gasteiger partial charge in [0.25, 0.3) is 0 Å². The Bertz CT molecular complexity index is 323. The van der Waals surface area contributed by atoms with Crippen LogP contribution in [0.15, 0.2) is 0 Å². The first-order valence-electron chi connectivity index (χ1n) is 7.11. The number of aliphatic carboxylic acids is 1. The maximum Gasteiger partial charge on any atom is 0.308 e. The average molecular weight is 270 g/mol. The number of hydrogen-bond acceptors (Lipinski definition) is 3. The first-order valence-corrected chi connectivity index (χ1v) is 7.11. The van der Waals surface area contributed by atoms with Crippen molar-refractivity contribution in [2.75, 3.05) is 19.6 Å². The van der Waals surface area contributed by atoms with E-state index < -0.39 is 17.3 Å². The third kappa shape index (κ3) is 4.20.